The summed E-state index contributed by atoms with van der Waals surface area (Å²) in [5, 5.41) is 2.47. The third-order valence-electron chi connectivity index (χ3n) is 2.11. The van der Waals surface area contributed by atoms with Crippen LogP contribution in [0.3, 0.4) is 0 Å². The Morgan fingerprint density at radius 2 is 1.71 bits per heavy atom. The lowest BCUT2D eigenvalue weighted by molar-refractivity contribution is -0.300. The number of methoxy groups -OCH3 is 1. The van der Waals surface area contributed by atoms with E-state index < -0.39 is 24.3 Å². The summed E-state index contributed by atoms with van der Waals surface area (Å²) in [5.41, 5.74) is 0. The summed E-state index contributed by atoms with van der Waals surface area (Å²) in [6, 6.07) is 0.823. The number of ether oxygens (including phenoxy) is 2. The maximum absolute atomic E-state index is 12.4. The number of alkyl halides is 6. The van der Waals surface area contributed by atoms with E-state index in [0.29, 0.717) is 0 Å². The maximum atomic E-state index is 12.4. The molecule has 0 bridgehead atoms. The van der Waals surface area contributed by atoms with Crippen molar-refractivity contribution >= 4 is 5.82 Å². The predicted molar refractivity (Wildman–Crippen MR) is 58.8 cm³/mol. The van der Waals surface area contributed by atoms with Crippen LogP contribution in [0.15, 0.2) is 6.07 Å². The molecule has 1 N–H and O–H groups in total. The molecule has 1 aromatic rings. The second-order valence-corrected chi connectivity index (χ2v) is 3.77. The quantitative estimate of drug-likeness (QED) is 0.845. The molecule has 1 rings (SSSR count). The Balaban J connectivity index is 3.11. The van der Waals surface area contributed by atoms with Crippen molar-refractivity contribution in [1.82, 2.24) is 9.97 Å². The first kappa shape index (κ1) is 17.3. The molecule has 1 aromatic heterocycles. The number of hydrogen-bond acceptors (Lipinski definition) is 5. The molecule has 0 aliphatic rings. The van der Waals surface area contributed by atoms with Gasteiger partial charge in [-0.2, -0.15) is 31.3 Å². The van der Waals surface area contributed by atoms with Gasteiger partial charge in [-0.3, -0.25) is 0 Å². The van der Waals surface area contributed by atoms with Crippen molar-refractivity contribution in [2.45, 2.75) is 25.1 Å². The van der Waals surface area contributed by atoms with Crippen LogP contribution in [0, 0.1) is 0 Å². The van der Waals surface area contributed by atoms with Gasteiger partial charge in [0, 0.05) is 20.2 Å². The number of anilines is 1. The fourth-order valence-electron chi connectivity index (χ4n) is 1.29. The first-order chi connectivity index (χ1) is 9.57. The highest BCUT2D eigenvalue weighted by molar-refractivity contribution is 5.37. The fraction of sp³-hybridized carbons (Fsp3) is 0.600. The van der Waals surface area contributed by atoms with Crippen LogP contribution >= 0.6 is 0 Å². The third-order valence-corrected chi connectivity index (χ3v) is 2.11. The van der Waals surface area contributed by atoms with Crippen molar-refractivity contribution in [3.05, 3.63) is 11.9 Å². The molecule has 5 nitrogen and oxygen atoms in total. The summed E-state index contributed by atoms with van der Waals surface area (Å²) in [5.74, 6) is -0.987. The highest BCUT2D eigenvalue weighted by Crippen LogP contribution is 2.36. The van der Waals surface area contributed by atoms with Crippen molar-refractivity contribution in [3.63, 3.8) is 0 Å². The van der Waals surface area contributed by atoms with Crippen LogP contribution in [0.25, 0.3) is 0 Å². The molecule has 0 saturated carbocycles. The lowest BCUT2D eigenvalue weighted by atomic mass is 10.3. The van der Waals surface area contributed by atoms with Crippen LogP contribution in [0.5, 0.6) is 5.88 Å². The van der Waals surface area contributed by atoms with Gasteiger partial charge in [0.05, 0.1) is 0 Å². The van der Waals surface area contributed by atoms with Gasteiger partial charge in [-0.05, 0) is 0 Å². The Morgan fingerprint density at radius 3 is 2.14 bits per heavy atom. The van der Waals surface area contributed by atoms with Crippen molar-refractivity contribution in [3.8, 4) is 5.88 Å². The molecule has 0 aliphatic carbocycles. The number of nitrogens with zero attached hydrogens (tertiary/aromatic N) is 2. The minimum atomic E-state index is -5.62. The fourth-order valence-corrected chi connectivity index (χ4v) is 1.29. The number of aromatic nitrogens is 2. The topological polar surface area (TPSA) is 56.3 Å². The van der Waals surface area contributed by atoms with E-state index in [1.54, 1.807) is 0 Å². The second-order valence-electron chi connectivity index (χ2n) is 3.77. The lowest BCUT2D eigenvalue weighted by Crippen LogP contribution is -2.46. The number of rotatable bonds is 5. The average Bonchev–Trinajstić information content (AvgIpc) is 2.33. The zero-order valence-corrected chi connectivity index (χ0v) is 10.8. The first-order valence-corrected chi connectivity index (χ1v) is 5.42. The predicted octanol–water partition coefficient (Wildman–Crippen LogP) is 2.54. The van der Waals surface area contributed by atoms with Gasteiger partial charge in [-0.15, -0.1) is 0 Å². The van der Waals surface area contributed by atoms with Crippen LogP contribution in [0.4, 0.5) is 32.2 Å². The summed E-state index contributed by atoms with van der Waals surface area (Å²) in [6.45, 7) is -0.200. The van der Waals surface area contributed by atoms with E-state index in [-0.39, 0.29) is 18.2 Å². The summed E-state index contributed by atoms with van der Waals surface area (Å²) < 4.78 is 83.1. The van der Waals surface area contributed by atoms with Crippen LogP contribution in [-0.2, 0) is 11.3 Å². The summed E-state index contributed by atoms with van der Waals surface area (Å²) in [6.07, 6.45) is -15.2. The van der Waals surface area contributed by atoms with Crippen LogP contribution in [-0.4, -0.2) is 42.6 Å². The second kappa shape index (κ2) is 6.33. The smallest absolute Gasteiger partial charge is 0.434 e. The van der Waals surface area contributed by atoms with Crippen molar-refractivity contribution < 1.29 is 35.8 Å². The van der Waals surface area contributed by atoms with Gasteiger partial charge in [0.15, 0.2) is 5.82 Å². The molecular weight excluding hydrogens is 308 g/mol. The Morgan fingerprint density at radius 1 is 1.14 bits per heavy atom. The number of hydrogen-bond donors (Lipinski definition) is 1. The van der Waals surface area contributed by atoms with Gasteiger partial charge >= 0.3 is 12.4 Å². The molecule has 0 unspecified atom stereocenters. The van der Waals surface area contributed by atoms with E-state index in [0.717, 1.165) is 6.07 Å². The lowest BCUT2D eigenvalue weighted by Gasteiger charge is -2.23. The molecule has 21 heavy (non-hydrogen) atoms. The molecule has 0 aliphatic heterocycles. The van der Waals surface area contributed by atoms with Gasteiger partial charge in [-0.25, -0.2) is 4.98 Å². The van der Waals surface area contributed by atoms with Gasteiger partial charge < -0.3 is 14.8 Å². The third kappa shape index (κ3) is 4.92. The monoisotopic (exact) mass is 319 g/mol. The van der Waals surface area contributed by atoms with Gasteiger partial charge in [0.2, 0.25) is 5.88 Å². The van der Waals surface area contributed by atoms with Crippen molar-refractivity contribution in [2.75, 3.05) is 19.5 Å². The van der Waals surface area contributed by atoms with Gasteiger partial charge in [0.25, 0.3) is 6.10 Å². The molecule has 0 saturated heterocycles. The SMILES string of the molecule is CNc1cc(OC(C(F)(F)F)C(F)(F)F)nc(COC)n1. The zero-order chi connectivity index (χ0) is 16.3. The molecule has 1 heterocycles. The number of halogens is 6. The minimum Gasteiger partial charge on any atom is -0.455 e. The average molecular weight is 319 g/mol. The normalized spacial score (nSPS) is 12.6. The summed E-state index contributed by atoms with van der Waals surface area (Å²) in [7, 11) is 2.65. The van der Waals surface area contributed by atoms with E-state index in [9.17, 15) is 26.3 Å². The Hall–Kier alpha value is -1.78. The summed E-state index contributed by atoms with van der Waals surface area (Å²) in [4.78, 5) is 7.22. The van der Waals surface area contributed by atoms with E-state index in [1.807, 2.05) is 0 Å². The molecule has 0 fully saturated rings. The highest BCUT2D eigenvalue weighted by atomic mass is 19.4. The van der Waals surface area contributed by atoms with E-state index in [2.05, 4.69) is 24.8 Å². The summed E-state index contributed by atoms with van der Waals surface area (Å²) >= 11 is 0. The van der Waals surface area contributed by atoms with Crippen LogP contribution in [0.1, 0.15) is 5.82 Å². The minimum absolute atomic E-state index is 0.00449. The van der Waals surface area contributed by atoms with E-state index >= 15 is 0 Å². The van der Waals surface area contributed by atoms with Gasteiger partial charge in [0.1, 0.15) is 12.4 Å². The van der Waals surface area contributed by atoms with E-state index in [4.69, 9.17) is 0 Å². The molecular formula is C10H11F6N3O2. The Bertz CT molecular complexity index is 463. The van der Waals surface area contributed by atoms with E-state index in [1.165, 1.54) is 14.2 Å². The molecule has 0 spiro atoms. The van der Waals surface area contributed by atoms with Gasteiger partial charge in [-0.1, -0.05) is 0 Å². The highest BCUT2D eigenvalue weighted by Gasteiger charge is 2.59. The molecule has 0 atom stereocenters. The standard InChI is InChI=1S/C10H11F6N3O2/c1-17-5-3-7(19-6(18-5)4-20-2)21-8(9(11,12)13)10(14,15)16/h3,8H,4H2,1-2H3,(H,17,18,19). The van der Waals surface area contributed by atoms with Crippen molar-refractivity contribution in [2.24, 2.45) is 0 Å². The first-order valence-electron chi connectivity index (χ1n) is 5.42. The molecule has 11 heteroatoms. The molecule has 0 amide bonds. The van der Waals surface area contributed by atoms with Crippen LogP contribution in [0.2, 0.25) is 0 Å². The molecule has 120 valence electrons. The molecule has 0 radical (unpaired) electrons. The Kier molecular flexibility index (Phi) is 5.20. The maximum Gasteiger partial charge on any atom is 0.434 e. The Labute approximate surface area is 115 Å². The largest absolute Gasteiger partial charge is 0.455 e. The van der Waals surface area contributed by atoms with Crippen molar-refractivity contribution in [1.29, 1.82) is 0 Å². The zero-order valence-electron chi connectivity index (χ0n) is 10.8. The number of nitrogens with one attached hydrogen (secondary N) is 1. The molecule has 0 aromatic carbocycles. The van der Waals surface area contributed by atoms with Crippen LogP contribution < -0.4 is 10.1 Å².